The largest absolute Gasteiger partial charge is 0.341 e. The molecule has 0 saturated carbocycles. The summed E-state index contributed by atoms with van der Waals surface area (Å²) in [6.07, 6.45) is 3.45. The highest BCUT2D eigenvalue weighted by atomic mass is 32.2. The lowest BCUT2D eigenvalue weighted by molar-refractivity contribution is -0.143. The maximum Gasteiger partial charge on any atom is 0.245 e. The summed E-state index contributed by atoms with van der Waals surface area (Å²) in [4.78, 5) is 29.1. The fourth-order valence-corrected chi connectivity index (χ4v) is 5.56. The highest BCUT2D eigenvalue weighted by molar-refractivity contribution is 7.89. The van der Waals surface area contributed by atoms with E-state index in [1.54, 1.807) is 25.1 Å². The number of nitrogens with one attached hydrogen (secondary N) is 1. The monoisotopic (exact) mass is 429 g/mol. The molecule has 0 aromatic heterocycles. The molecule has 2 heterocycles. The molecule has 2 saturated heterocycles. The van der Waals surface area contributed by atoms with Crippen LogP contribution in [0.2, 0.25) is 0 Å². The molecule has 7 nitrogen and oxygen atoms in total. The van der Waals surface area contributed by atoms with E-state index in [1.807, 2.05) is 29.2 Å². The molecule has 0 aliphatic carbocycles. The first kappa shape index (κ1) is 20.8. The lowest BCUT2D eigenvalue weighted by Gasteiger charge is -2.32. The van der Waals surface area contributed by atoms with Crippen molar-refractivity contribution in [3.63, 3.8) is 0 Å². The summed E-state index contributed by atoms with van der Waals surface area (Å²) in [6.45, 7) is 3.55. The van der Waals surface area contributed by atoms with Crippen molar-refractivity contribution in [1.82, 2.24) is 14.5 Å². The van der Waals surface area contributed by atoms with Gasteiger partial charge in [-0.3, -0.25) is 9.59 Å². The standard InChI is InChI=1S/C22H27N3O4S/c1-16(21(26)24-12-5-2-6-13-24)25-14-11-20(22(25)27)23-30(28,29)19-10-9-17-7-3-4-8-18(17)15-19/h3-4,7-10,15-16,20,23H,2,5-6,11-14H2,1H3/t16-,20-/m0/s1. The first-order valence-corrected chi connectivity index (χ1v) is 12.0. The molecule has 30 heavy (non-hydrogen) atoms. The number of sulfonamides is 1. The molecule has 2 aromatic rings. The van der Waals surface area contributed by atoms with Crippen LogP contribution in [0, 0.1) is 0 Å². The molecule has 0 bridgehead atoms. The highest BCUT2D eigenvalue weighted by Gasteiger charge is 2.40. The van der Waals surface area contributed by atoms with Gasteiger partial charge in [0, 0.05) is 19.6 Å². The maximum atomic E-state index is 12.9. The van der Waals surface area contributed by atoms with Crippen molar-refractivity contribution in [1.29, 1.82) is 0 Å². The van der Waals surface area contributed by atoms with Gasteiger partial charge < -0.3 is 9.80 Å². The third-order valence-electron chi connectivity index (χ3n) is 6.06. The van der Waals surface area contributed by atoms with E-state index in [0.29, 0.717) is 13.0 Å². The van der Waals surface area contributed by atoms with E-state index in [4.69, 9.17) is 0 Å². The maximum absolute atomic E-state index is 12.9. The van der Waals surface area contributed by atoms with Crippen LogP contribution in [0.5, 0.6) is 0 Å². The smallest absolute Gasteiger partial charge is 0.245 e. The van der Waals surface area contributed by atoms with Crippen LogP contribution in [-0.4, -0.2) is 61.7 Å². The molecular weight excluding hydrogens is 402 g/mol. The Morgan fingerprint density at radius 3 is 2.47 bits per heavy atom. The molecule has 2 amide bonds. The summed E-state index contributed by atoms with van der Waals surface area (Å²) in [5.74, 6) is -0.390. The Balaban J connectivity index is 1.45. The van der Waals surface area contributed by atoms with Crippen LogP contribution in [0.4, 0.5) is 0 Å². The number of piperidine rings is 1. The van der Waals surface area contributed by atoms with Crippen LogP contribution in [0.3, 0.4) is 0 Å². The number of nitrogens with zero attached hydrogens (tertiary/aromatic N) is 2. The van der Waals surface area contributed by atoms with Crippen molar-refractivity contribution in [2.24, 2.45) is 0 Å². The third-order valence-corrected chi connectivity index (χ3v) is 7.53. The summed E-state index contributed by atoms with van der Waals surface area (Å²) in [5, 5.41) is 1.77. The van der Waals surface area contributed by atoms with Crippen LogP contribution in [0.1, 0.15) is 32.6 Å². The van der Waals surface area contributed by atoms with E-state index in [2.05, 4.69) is 4.72 Å². The second-order valence-electron chi connectivity index (χ2n) is 8.07. The second-order valence-corrected chi connectivity index (χ2v) is 9.78. The van der Waals surface area contributed by atoms with Gasteiger partial charge in [-0.25, -0.2) is 8.42 Å². The van der Waals surface area contributed by atoms with Gasteiger partial charge in [0.25, 0.3) is 0 Å². The molecule has 4 rings (SSSR count). The number of rotatable bonds is 5. The van der Waals surface area contributed by atoms with Gasteiger partial charge in [-0.2, -0.15) is 4.72 Å². The summed E-state index contributed by atoms with van der Waals surface area (Å²) < 4.78 is 28.3. The molecule has 0 unspecified atom stereocenters. The van der Waals surface area contributed by atoms with Crippen molar-refractivity contribution in [3.05, 3.63) is 42.5 Å². The summed E-state index contributed by atoms with van der Waals surface area (Å²) >= 11 is 0. The number of hydrogen-bond donors (Lipinski definition) is 1. The van der Waals surface area contributed by atoms with E-state index >= 15 is 0 Å². The van der Waals surface area contributed by atoms with Gasteiger partial charge in [0.2, 0.25) is 21.8 Å². The number of amides is 2. The molecule has 2 atom stereocenters. The van der Waals surface area contributed by atoms with Crippen LogP contribution in [-0.2, 0) is 19.6 Å². The second kappa shape index (κ2) is 8.35. The molecule has 1 N–H and O–H groups in total. The number of hydrogen-bond acceptors (Lipinski definition) is 4. The SMILES string of the molecule is C[C@@H](C(=O)N1CCCCC1)N1CC[C@H](NS(=O)(=O)c2ccc3ccccc3c2)C1=O. The van der Waals surface area contributed by atoms with Gasteiger partial charge >= 0.3 is 0 Å². The zero-order chi connectivity index (χ0) is 21.3. The van der Waals surface area contributed by atoms with Crippen LogP contribution in [0.25, 0.3) is 10.8 Å². The Hall–Kier alpha value is -2.45. The predicted octanol–water partition coefficient (Wildman–Crippen LogP) is 2.12. The lowest BCUT2D eigenvalue weighted by Crippen LogP contribution is -2.51. The van der Waals surface area contributed by atoms with Gasteiger partial charge in [0.15, 0.2) is 0 Å². The fourth-order valence-electron chi connectivity index (χ4n) is 4.30. The summed E-state index contributed by atoms with van der Waals surface area (Å²) in [7, 11) is -3.85. The van der Waals surface area contributed by atoms with E-state index in [1.165, 1.54) is 4.90 Å². The number of carbonyl (C=O) groups is 2. The van der Waals surface area contributed by atoms with Gasteiger partial charge in [0.1, 0.15) is 12.1 Å². The minimum Gasteiger partial charge on any atom is -0.341 e. The number of benzene rings is 2. The average Bonchev–Trinajstić information content (AvgIpc) is 3.12. The van der Waals surface area contributed by atoms with Crippen LogP contribution in [0.15, 0.2) is 47.4 Å². The third kappa shape index (κ3) is 4.06. The van der Waals surface area contributed by atoms with Crippen molar-refractivity contribution in [2.75, 3.05) is 19.6 Å². The van der Waals surface area contributed by atoms with Crippen LogP contribution >= 0.6 is 0 Å². The Morgan fingerprint density at radius 1 is 1.03 bits per heavy atom. The van der Waals surface area contributed by atoms with E-state index in [0.717, 1.165) is 43.1 Å². The van der Waals surface area contributed by atoms with E-state index in [-0.39, 0.29) is 16.7 Å². The number of fused-ring (bicyclic) bond motifs is 1. The molecule has 2 aliphatic heterocycles. The molecule has 160 valence electrons. The minimum absolute atomic E-state index is 0.0545. The molecule has 2 fully saturated rings. The molecule has 2 aliphatic rings. The van der Waals surface area contributed by atoms with Crippen molar-refractivity contribution in [2.45, 2.75) is 49.6 Å². The Bertz CT molecular complexity index is 1060. The van der Waals surface area contributed by atoms with Gasteiger partial charge in [-0.15, -0.1) is 0 Å². The minimum atomic E-state index is -3.85. The summed E-state index contributed by atoms with van der Waals surface area (Å²) in [5.41, 5.74) is 0. The quantitative estimate of drug-likeness (QED) is 0.789. The van der Waals surface area contributed by atoms with Gasteiger partial charge in [-0.05, 0) is 55.5 Å². The Kier molecular flexibility index (Phi) is 5.79. The fraction of sp³-hybridized carbons (Fsp3) is 0.455. The first-order valence-electron chi connectivity index (χ1n) is 10.5. The first-order chi connectivity index (χ1) is 14.4. The Morgan fingerprint density at radius 2 is 1.73 bits per heavy atom. The lowest BCUT2D eigenvalue weighted by atomic mass is 10.1. The topological polar surface area (TPSA) is 86.8 Å². The molecule has 8 heteroatoms. The molecule has 2 aromatic carbocycles. The van der Waals surface area contributed by atoms with Crippen molar-refractivity contribution in [3.8, 4) is 0 Å². The number of carbonyl (C=O) groups excluding carboxylic acids is 2. The van der Waals surface area contributed by atoms with Crippen LogP contribution < -0.4 is 4.72 Å². The zero-order valence-electron chi connectivity index (χ0n) is 17.1. The molecule has 0 spiro atoms. The van der Waals surface area contributed by atoms with E-state index < -0.39 is 22.1 Å². The zero-order valence-corrected chi connectivity index (χ0v) is 17.9. The van der Waals surface area contributed by atoms with Crippen molar-refractivity contribution >= 4 is 32.6 Å². The summed E-state index contributed by atoms with van der Waals surface area (Å²) in [6, 6.07) is 11.0. The van der Waals surface area contributed by atoms with Crippen molar-refractivity contribution < 1.29 is 18.0 Å². The Labute approximate surface area is 177 Å². The van der Waals surface area contributed by atoms with Gasteiger partial charge in [0.05, 0.1) is 4.90 Å². The molecule has 0 radical (unpaired) electrons. The molecular formula is C22H27N3O4S. The number of likely N-dealkylation sites (tertiary alicyclic amines) is 2. The predicted molar refractivity (Wildman–Crippen MR) is 114 cm³/mol. The average molecular weight is 430 g/mol. The van der Waals surface area contributed by atoms with Gasteiger partial charge in [-0.1, -0.05) is 30.3 Å². The highest BCUT2D eigenvalue weighted by Crippen LogP contribution is 2.22. The normalized spacial score (nSPS) is 21.2. The van der Waals surface area contributed by atoms with E-state index in [9.17, 15) is 18.0 Å².